The molecule has 8 heteroatoms. The molecule has 1 fully saturated rings. The summed E-state index contributed by atoms with van der Waals surface area (Å²) in [6.45, 7) is 1.79. The van der Waals surface area contributed by atoms with E-state index in [4.69, 9.17) is 11.6 Å². The molecule has 3 rings (SSSR count). The summed E-state index contributed by atoms with van der Waals surface area (Å²) >= 11 is 7.22. The van der Waals surface area contributed by atoms with Crippen molar-refractivity contribution in [2.24, 2.45) is 0 Å². The van der Waals surface area contributed by atoms with E-state index in [9.17, 15) is 19.5 Å². The summed E-state index contributed by atoms with van der Waals surface area (Å²) in [4.78, 5) is 41.4. The molecule has 1 aromatic carbocycles. The molecule has 1 aliphatic heterocycles. The topological polar surface area (TPSA) is 87.6 Å². The van der Waals surface area contributed by atoms with Crippen LogP contribution < -0.4 is 4.90 Å². The monoisotopic (exact) mass is 376 g/mol. The zero-order valence-corrected chi connectivity index (χ0v) is 14.7. The number of carboxylic acids is 1. The van der Waals surface area contributed by atoms with Gasteiger partial charge in [0, 0.05) is 12.6 Å². The van der Waals surface area contributed by atoms with Crippen molar-refractivity contribution in [2.75, 3.05) is 4.90 Å². The van der Waals surface area contributed by atoms with Crippen LogP contribution in [-0.2, 0) is 9.59 Å². The van der Waals surface area contributed by atoms with Gasteiger partial charge in [-0.3, -0.25) is 9.59 Å². The smallest absolute Gasteiger partial charge is 0.338 e. The Hall–Kier alpha value is -2.38. The van der Waals surface area contributed by atoms with Crippen molar-refractivity contribution in [3.63, 3.8) is 0 Å². The molecule has 25 heavy (non-hydrogen) atoms. The summed E-state index contributed by atoms with van der Waals surface area (Å²) in [6, 6.07) is 8.04. The Balaban J connectivity index is 1.90. The molecule has 0 saturated carbocycles. The number of thioether (sulfide) groups is 1. The Kier molecular flexibility index (Phi) is 4.78. The van der Waals surface area contributed by atoms with E-state index in [1.165, 1.54) is 18.3 Å². The van der Waals surface area contributed by atoms with Gasteiger partial charge in [0.15, 0.2) is 0 Å². The first kappa shape index (κ1) is 17.4. The van der Waals surface area contributed by atoms with Gasteiger partial charge in [-0.2, -0.15) is 0 Å². The normalized spacial score (nSPS) is 17.2. The molecular formula is C17H13ClN2O4S. The summed E-state index contributed by atoms with van der Waals surface area (Å²) in [6.07, 6.45) is 1.41. The average molecular weight is 377 g/mol. The second kappa shape index (κ2) is 6.85. The number of carbonyl (C=O) groups excluding carboxylic acids is 2. The van der Waals surface area contributed by atoms with Crippen LogP contribution in [0.4, 0.5) is 5.69 Å². The molecule has 1 aliphatic rings. The summed E-state index contributed by atoms with van der Waals surface area (Å²) < 4.78 is 0. The fraction of sp³-hybridized carbons (Fsp3) is 0.176. The van der Waals surface area contributed by atoms with Crippen LogP contribution in [0, 0.1) is 6.92 Å². The number of imide groups is 1. The predicted molar refractivity (Wildman–Crippen MR) is 94.1 cm³/mol. The van der Waals surface area contributed by atoms with Gasteiger partial charge in [0.2, 0.25) is 11.8 Å². The van der Waals surface area contributed by atoms with E-state index in [1.54, 1.807) is 25.1 Å². The molecule has 1 saturated heterocycles. The van der Waals surface area contributed by atoms with Gasteiger partial charge < -0.3 is 5.11 Å². The van der Waals surface area contributed by atoms with Crippen LogP contribution in [0.25, 0.3) is 0 Å². The molecular weight excluding hydrogens is 364 g/mol. The van der Waals surface area contributed by atoms with Gasteiger partial charge in [-0.1, -0.05) is 35.5 Å². The van der Waals surface area contributed by atoms with Crippen molar-refractivity contribution < 1.29 is 19.5 Å². The summed E-state index contributed by atoms with van der Waals surface area (Å²) in [7, 11) is 0. The third-order valence-electron chi connectivity index (χ3n) is 3.77. The van der Waals surface area contributed by atoms with Gasteiger partial charge in [-0.25, -0.2) is 14.7 Å². The molecule has 0 unspecified atom stereocenters. The number of hydrogen-bond donors (Lipinski definition) is 1. The third kappa shape index (κ3) is 3.25. The number of aromatic nitrogens is 1. The molecule has 0 spiro atoms. The first-order valence-corrected chi connectivity index (χ1v) is 8.62. The maximum Gasteiger partial charge on any atom is 0.338 e. The Morgan fingerprint density at radius 3 is 2.80 bits per heavy atom. The maximum atomic E-state index is 12.7. The molecule has 0 bridgehead atoms. The summed E-state index contributed by atoms with van der Waals surface area (Å²) in [5.41, 5.74) is 1.10. The number of halogens is 1. The van der Waals surface area contributed by atoms with Crippen molar-refractivity contribution in [1.82, 2.24) is 4.98 Å². The molecule has 0 aliphatic carbocycles. The third-order valence-corrected chi connectivity index (χ3v) is 5.47. The number of carboxylic acid groups (broad SMARTS) is 1. The van der Waals surface area contributed by atoms with Crippen molar-refractivity contribution in [2.45, 2.75) is 23.6 Å². The Morgan fingerprint density at radius 2 is 2.08 bits per heavy atom. The van der Waals surface area contributed by atoms with Crippen molar-refractivity contribution in [3.05, 3.63) is 52.7 Å². The van der Waals surface area contributed by atoms with E-state index in [-0.39, 0.29) is 22.9 Å². The number of aryl methyl sites for hydroxylation is 1. The number of rotatable bonds is 4. The Bertz CT molecular complexity index is 887. The summed E-state index contributed by atoms with van der Waals surface area (Å²) in [5, 5.41) is 9.04. The van der Waals surface area contributed by atoms with Gasteiger partial charge in [-0.15, -0.1) is 0 Å². The van der Waals surface area contributed by atoms with Crippen LogP contribution >= 0.6 is 23.4 Å². The molecule has 128 valence electrons. The number of anilines is 1. The predicted octanol–water partition coefficient (Wildman–Crippen LogP) is 3.17. The van der Waals surface area contributed by atoms with Crippen molar-refractivity contribution >= 4 is 46.8 Å². The highest BCUT2D eigenvalue weighted by molar-refractivity contribution is 8.00. The SMILES string of the molecule is Cc1cccc(N2C(=O)C[C@@H](Sc3ncccc3C(=O)O)C2=O)c1Cl. The minimum absolute atomic E-state index is 0.000197. The standard InChI is InChI=1S/C17H13ClN2O4S/c1-9-4-2-6-11(14(9)18)20-13(21)8-12(16(20)22)25-15-10(17(23)24)5-3-7-19-15/h2-7,12H,8H2,1H3,(H,23,24)/t12-/m1/s1. The van der Waals surface area contributed by atoms with Gasteiger partial charge in [-0.05, 0) is 30.7 Å². The molecule has 1 N–H and O–H groups in total. The van der Waals surface area contributed by atoms with E-state index in [0.29, 0.717) is 10.7 Å². The molecule has 2 aromatic rings. The maximum absolute atomic E-state index is 12.7. The fourth-order valence-corrected chi connectivity index (χ4v) is 3.85. The molecule has 1 aromatic heterocycles. The lowest BCUT2D eigenvalue weighted by molar-refractivity contribution is -0.121. The van der Waals surface area contributed by atoms with E-state index in [2.05, 4.69) is 4.98 Å². The lowest BCUT2D eigenvalue weighted by Crippen LogP contribution is -2.31. The van der Waals surface area contributed by atoms with E-state index >= 15 is 0 Å². The largest absolute Gasteiger partial charge is 0.478 e. The molecule has 1 atom stereocenters. The minimum Gasteiger partial charge on any atom is -0.478 e. The number of carbonyl (C=O) groups is 3. The summed E-state index contributed by atoms with van der Waals surface area (Å²) in [5.74, 6) is -1.93. The van der Waals surface area contributed by atoms with E-state index in [0.717, 1.165) is 22.2 Å². The van der Waals surface area contributed by atoms with Crippen LogP contribution in [0.15, 0.2) is 41.6 Å². The zero-order valence-electron chi connectivity index (χ0n) is 13.1. The molecule has 6 nitrogen and oxygen atoms in total. The van der Waals surface area contributed by atoms with Crippen LogP contribution in [0.5, 0.6) is 0 Å². The van der Waals surface area contributed by atoms with Gasteiger partial charge in [0.05, 0.1) is 21.5 Å². The number of benzene rings is 1. The van der Waals surface area contributed by atoms with Crippen molar-refractivity contribution in [1.29, 1.82) is 0 Å². The number of pyridine rings is 1. The first-order chi connectivity index (χ1) is 11.9. The second-order valence-electron chi connectivity index (χ2n) is 5.45. The Labute approximate surface area is 152 Å². The van der Waals surface area contributed by atoms with Crippen LogP contribution in [0.3, 0.4) is 0 Å². The van der Waals surface area contributed by atoms with Crippen molar-refractivity contribution in [3.8, 4) is 0 Å². The van der Waals surface area contributed by atoms with Crippen LogP contribution in [0.1, 0.15) is 22.3 Å². The van der Waals surface area contributed by atoms with E-state index in [1.807, 2.05) is 0 Å². The Morgan fingerprint density at radius 1 is 1.32 bits per heavy atom. The molecule has 2 amide bonds. The molecule has 2 heterocycles. The number of amides is 2. The van der Waals surface area contributed by atoms with E-state index < -0.39 is 17.1 Å². The highest BCUT2D eigenvalue weighted by Crippen LogP contribution is 2.37. The van der Waals surface area contributed by atoms with Gasteiger partial charge in [0.1, 0.15) is 5.03 Å². The van der Waals surface area contributed by atoms with Crippen LogP contribution in [0.2, 0.25) is 5.02 Å². The highest BCUT2D eigenvalue weighted by Gasteiger charge is 2.41. The quantitative estimate of drug-likeness (QED) is 0.824. The van der Waals surface area contributed by atoms with Gasteiger partial charge in [0.25, 0.3) is 0 Å². The number of aromatic carboxylic acids is 1. The second-order valence-corrected chi connectivity index (χ2v) is 7.02. The lowest BCUT2D eigenvalue weighted by Gasteiger charge is -2.17. The minimum atomic E-state index is -1.13. The highest BCUT2D eigenvalue weighted by atomic mass is 35.5. The first-order valence-electron chi connectivity index (χ1n) is 7.37. The van der Waals surface area contributed by atoms with Crippen LogP contribution in [-0.4, -0.2) is 33.1 Å². The number of hydrogen-bond acceptors (Lipinski definition) is 5. The average Bonchev–Trinajstić information content (AvgIpc) is 2.85. The zero-order chi connectivity index (χ0) is 18.1. The lowest BCUT2D eigenvalue weighted by atomic mass is 10.2. The van der Waals surface area contributed by atoms with Gasteiger partial charge >= 0.3 is 5.97 Å². The number of nitrogens with zero attached hydrogens (tertiary/aromatic N) is 2. The fourth-order valence-electron chi connectivity index (χ4n) is 2.54. The molecule has 0 radical (unpaired) electrons.